The first-order valence-electron chi connectivity index (χ1n) is 19.1. The fourth-order valence-electron chi connectivity index (χ4n) is 8.05. The highest BCUT2D eigenvalue weighted by Crippen LogP contribution is 2.40. The van der Waals surface area contributed by atoms with Crippen LogP contribution in [0.5, 0.6) is 5.75 Å². The van der Waals surface area contributed by atoms with Crippen LogP contribution in [0.15, 0.2) is 71.5 Å². The Hall–Kier alpha value is -6.50. The van der Waals surface area contributed by atoms with E-state index < -0.39 is 69.6 Å². The summed E-state index contributed by atoms with van der Waals surface area (Å²) in [6.45, 7) is 0.820. The molecule has 1 aromatic heterocycles. The van der Waals surface area contributed by atoms with Crippen molar-refractivity contribution in [2.24, 2.45) is 13.0 Å². The molecule has 16 nitrogen and oxygen atoms in total. The summed E-state index contributed by atoms with van der Waals surface area (Å²) in [6, 6.07) is 16.7. The summed E-state index contributed by atoms with van der Waals surface area (Å²) in [6.07, 6.45) is 2.35. The summed E-state index contributed by atoms with van der Waals surface area (Å²) in [5, 5.41) is 8.23. The van der Waals surface area contributed by atoms with E-state index in [1.807, 2.05) is 15.7 Å². The van der Waals surface area contributed by atoms with Gasteiger partial charge in [0, 0.05) is 44.2 Å². The first-order chi connectivity index (χ1) is 28.3. The van der Waals surface area contributed by atoms with Crippen molar-refractivity contribution in [3.63, 3.8) is 0 Å². The second kappa shape index (κ2) is 15.7. The third kappa shape index (κ3) is 7.64. The van der Waals surface area contributed by atoms with Gasteiger partial charge in [0.25, 0.3) is 5.91 Å². The Morgan fingerprint density at radius 1 is 0.932 bits per heavy atom. The maximum absolute atomic E-state index is 16.2. The number of nitrogens with one attached hydrogen (secondary N) is 4. The number of hydrogen-bond donors (Lipinski definition) is 4. The lowest BCUT2D eigenvalue weighted by Crippen LogP contribution is -2.44. The molecule has 0 aliphatic carbocycles. The van der Waals surface area contributed by atoms with Crippen molar-refractivity contribution in [2.75, 3.05) is 40.7 Å². The van der Waals surface area contributed by atoms with Crippen molar-refractivity contribution < 1.29 is 41.1 Å². The minimum absolute atomic E-state index is 0.00879. The van der Waals surface area contributed by atoms with Crippen LogP contribution >= 0.6 is 0 Å². The maximum Gasteiger partial charge on any atom is 0.329 e. The van der Waals surface area contributed by atoms with E-state index in [0.29, 0.717) is 47.1 Å². The largest absolute Gasteiger partial charge is 0.487 e. The van der Waals surface area contributed by atoms with Crippen molar-refractivity contribution in [3.8, 4) is 5.75 Å². The number of urea groups is 1. The number of aromatic nitrogens is 2. The Morgan fingerprint density at radius 3 is 2.41 bits per heavy atom. The molecule has 1 atom stereocenters. The van der Waals surface area contributed by atoms with Gasteiger partial charge in [-0.25, -0.2) is 27.4 Å². The number of carbonyl (C=O) groups excluding carboxylic acids is 4. The highest BCUT2D eigenvalue weighted by molar-refractivity contribution is 7.92. The van der Waals surface area contributed by atoms with E-state index in [1.54, 1.807) is 36.4 Å². The molecule has 1 unspecified atom stereocenters. The van der Waals surface area contributed by atoms with Gasteiger partial charge in [-0.15, -0.1) is 0 Å². The first-order valence-corrected chi connectivity index (χ1v) is 20.5. The van der Waals surface area contributed by atoms with Crippen LogP contribution in [-0.2, 0) is 38.2 Å². The van der Waals surface area contributed by atoms with Gasteiger partial charge >= 0.3 is 21.9 Å². The topological polar surface area (TPSA) is 193 Å². The smallest absolute Gasteiger partial charge is 0.329 e. The number of piperidine rings is 2. The Labute approximate surface area is 336 Å². The second-order valence-corrected chi connectivity index (χ2v) is 16.4. The van der Waals surface area contributed by atoms with Gasteiger partial charge in [-0.1, -0.05) is 30.3 Å². The lowest BCUT2D eigenvalue weighted by atomic mass is 9.93. The summed E-state index contributed by atoms with van der Waals surface area (Å²) in [7, 11) is -2.90. The van der Waals surface area contributed by atoms with Gasteiger partial charge in [-0.2, -0.15) is 8.42 Å². The summed E-state index contributed by atoms with van der Waals surface area (Å²) in [5.74, 6) is -3.15. The molecule has 4 heterocycles. The molecule has 3 aliphatic rings. The molecule has 59 heavy (non-hydrogen) atoms. The number of rotatable bonds is 10. The molecule has 4 N–H and O–H groups in total. The number of anilines is 3. The van der Waals surface area contributed by atoms with Gasteiger partial charge in [0.15, 0.2) is 11.6 Å². The highest BCUT2D eigenvalue weighted by atomic mass is 32.2. The second-order valence-electron chi connectivity index (χ2n) is 14.8. The van der Waals surface area contributed by atoms with Crippen LogP contribution in [0.2, 0.25) is 0 Å². The van der Waals surface area contributed by atoms with E-state index in [2.05, 4.69) is 16.0 Å². The highest BCUT2D eigenvalue weighted by Gasteiger charge is 2.38. The van der Waals surface area contributed by atoms with E-state index in [4.69, 9.17) is 4.74 Å². The molecule has 0 spiro atoms. The van der Waals surface area contributed by atoms with Crippen molar-refractivity contribution in [3.05, 3.63) is 94.4 Å². The number of imide groups is 1. The fourth-order valence-corrected chi connectivity index (χ4v) is 9.21. The van der Waals surface area contributed by atoms with E-state index in [0.717, 1.165) is 18.4 Å². The number of amides is 5. The van der Waals surface area contributed by atoms with Gasteiger partial charge in [0.05, 0.1) is 11.2 Å². The zero-order valence-corrected chi connectivity index (χ0v) is 32.6. The molecule has 3 saturated heterocycles. The van der Waals surface area contributed by atoms with Crippen LogP contribution in [0.3, 0.4) is 0 Å². The van der Waals surface area contributed by atoms with Crippen LogP contribution < -0.4 is 40.3 Å². The summed E-state index contributed by atoms with van der Waals surface area (Å²) in [4.78, 5) is 64.3. The number of fused-ring (bicyclic) bond motifs is 2. The average Bonchev–Trinajstić information content (AvgIpc) is 3.63. The first kappa shape index (κ1) is 39.3. The zero-order valence-electron chi connectivity index (χ0n) is 31.8. The van der Waals surface area contributed by atoms with Gasteiger partial charge in [0.1, 0.15) is 36.1 Å². The fraction of sp³-hybridized carbons (Fsp3) is 0.325. The van der Waals surface area contributed by atoms with E-state index in [1.165, 1.54) is 40.4 Å². The van der Waals surface area contributed by atoms with E-state index in [9.17, 15) is 32.4 Å². The molecule has 4 aromatic carbocycles. The number of nitrogens with zero attached hydrogens (tertiary/aromatic N) is 4. The van der Waals surface area contributed by atoms with E-state index in [-0.39, 0.29) is 47.5 Å². The molecule has 0 saturated carbocycles. The van der Waals surface area contributed by atoms with Crippen LogP contribution in [0, 0.1) is 17.6 Å². The van der Waals surface area contributed by atoms with Gasteiger partial charge < -0.3 is 20.3 Å². The Balaban J connectivity index is 0.892. The van der Waals surface area contributed by atoms with Crippen molar-refractivity contribution in [2.45, 2.75) is 44.8 Å². The minimum atomic E-state index is -4.36. The Morgan fingerprint density at radius 2 is 1.69 bits per heavy atom. The Bertz CT molecular complexity index is 2700. The molecule has 5 amide bonds. The molecule has 3 fully saturated rings. The van der Waals surface area contributed by atoms with Crippen LogP contribution in [0.4, 0.5) is 30.6 Å². The molecular formula is C40H40F2N8O8S. The number of halogens is 2. The predicted octanol–water partition coefficient (Wildman–Crippen LogP) is 3.94. The average molecular weight is 831 g/mol. The molecule has 19 heteroatoms. The number of ether oxygens (including phenoxy) is 1. The molecule has 8 rings (SSSR count). The van der Waals surface area contributed by atoms with Crippen molar-refractivity contribution in [1.82, 2.24) is 24.5 Å². The van der Waals surface area contributed by atoms with Crippen LogP contribution in [-0.4, -0.2) is 67.5 Å². The number of carbonyl (C=O) groups is 4. The predicted molar refractivity (Wildman–Crippen MR) is 214 cm³/mol. The lowest BCUT2D eigenvalue weighted by molar-refractivity contribution is -0.135. The van der Waals surface area contributed by atoms with E-state index >= 15 is 8.78 Å². The molecule has 308 valence electrons. The number of aryl methyl sites for hydroxylation is 1. The van der Waals surface area contributed by atoms with Gasteiger partial charge in [-0.05, 0) is 78.9 Å². The SMILES string of the molecule is Cn1c(=O)n(C2CCC(=O)NC2=O)c2ccc(N3CCC(CCNC(=O)Nc4ccc5c(F)c(N6CC(=O)NS6(=O)=O)c(OCc6ccccc6)cc5c4)CC3)c(F)c21. The summed E-state index contributed by atoms with van der Waals surface area (Å²) in [5.41, 5.74) is 0.852. The van der Waals surface area contributed by atoms with Gasteiger partial charge in [0.2, 0.25) is 11.8 Å². The number of benzene rings is 4. The van der Waals surface area contributed by atoms with Crippen LogP contribution in [0.25, 0.3) is 21.8 Å². The third-order valence-electron chi connectivity index (χ3n) is 11.1. The maximum atomic E-state index is 16.2. The van der Waals surface area contributed by atoms with Crippen LogP contribution in [0.1, 0.15) is 43.7 Å². The van der Waals surface area contributed by atoms with Gasteiger partial charge in [-0.3, -0.25) is 28.8 Å². The lowest BCUT2D eigenvalue weighted by Gasteiger charge is -2.34. The number of hydrogen-bond acceptors (Lipinski definition) is 9. The third-order valence-corrected chi connectivity index (χ3v) is 12.4. The summed E-state index contributed by atoms with van der Waals surface area (Å²) < 4.78 is 68.5. The standard InChI is InChI=1S/C40H40F2N8O8S/c1-47-36-29(50(40(47)55)30-11-12-32(51)45-38(30)53)10-9-28(35(36)42)48-17-14-23(15-18-48)13-16-43-39(54)44-26-7-8-27-25(19-26)20-31(58-22-24-5-3-2-4-6-24)37(34(27)41)49-21-33(52)46-59(49,56)57/h2-10,19-20,23,30H,11-18,21-22H2,1H3,(H,46,52)(H2,43,44,54)(H,45,51,53). The normalized spacial score (nSPS) is 18.3. The molecule has 0 bridgehead atoms. The molecule has 5 aromatic rings. The Kier molecular flexibility index (Phi) is 10.5. The van der Waals surface area contributed by atoms with Crippen molar-refractivity contribution >= 4 is 72.8 Å². The summed E-state index contributed by atoms with van der Waals surface area (Å²) >= 11 is 0. The van der Waals surface area contributed by atoms with Crippen molar-refractivity contribution in [1.29, 1.82) is 0 Å². The molecule has 3 aliphatic heterocycles. The monoisotopic (exact) mass is 830 g/mol. The zero-order chi connectivity index (χ0) is 41.6. The molecule has 0 radical (unpaired) electrons. The molecular weight excluding hydrogens is 791 g/mol. The number of imidazole rings is 1. The minimum Gasteiger partial charge on any atom is -0.487 e. The quantitative estimate of drug-likeness (QED) is 0.151.